The number of carbonyl (C=O) groups excluding carboxylic acids is 1. The first-order chi connectivity index (χ1) is 16.7. The molecule has 1 heterocycles. The molecule has 0 saturated carbocycles. The van der Waals surface area contributed by atoms with Gasteiger partial charge in [0.2, 0.25) is 0 Å². The van der Waals surface area contributed by atoms with E-state index in [4.69, 9.17) is 26.2 Å². The monoisotopic (exact) mass is 480 g/mol. The third-order valence-electron chi connectivity index (χ3n) is 5.35. The van der Waals surface area contributed by atoms with E-state index in [0.717, 1.165) is 45.9 Å². The van der Waals surface area contributed by atoms with Crippen molar-refractivity contribution in [3.05, 3.63) is 88.2 Å². The van der Waals surface area contributed by atoms with E-state index >= 15 is 0 Å². The normalized spacial score (nSPS) is 12.0. The summed E-state index contributed by atoms with van der Waals surface area (Å²) in [5.74, 6) is 2.86. The lowest BCUT2D eigenvalue weighted by atomic mass is 9.93. The summed E-state index contributed by atoms with van der Waals surface area (Å²) in [6, 6.07) is 16.5. The molecule has 5 heteroatoms. The molecule has 1 N–H and O–H groups in total. The average Bonchev–Trinajstić information content (AvgIpc) is 3.73. The van der Waals surface area contributed by atoms with Crippen LogP contribution in [0.5, 0.6) is 5.75 Å². The van der Waals surface area contributed by atoms with Gasteiger partial charge in [-0.1, -0.05) is 70.3 Å². The molecular weight excluding hydrogens is 442 g/mol. The highest BCUT2D eigenvalue weighted by molar-refractivity contribution is 7.71. The van der Waals surface area contributed by atoms with Gasteiger partial charge in [0.1, 0.15) is 24.1 Å². The van der Waals surface area contributed by atoms with Gasteiger partial charge < -0.3 is 19.3 Å². The van der Waals surface area contributed by atoms with E-state index < -0.39 is 0 Å². The van der Waals surface area contributed by atoms with Crippen molar-refractivity contribution in [3.8, 4) is 16.9 Å². The van der Waals surface area contributed by atoms with E-state index in [1.54, 1.807) is 7.11 Å². The molecule has 0 atom stereocenters. The molecule has 0 aliphatic heterocycles. The van der Waals surface area contributed by atoms with Crippen molar-refractivity contribution in [2.24, 2.45) is 0 Å². The highest BCUT2D eigenvalue weighted by Gasteiger charge is 2.26. The Kier molecular flexibility index (Phi) is 10.8. The van der Waals surface area contributed by atoms with Crippen LogP contribution in [-0.2, 0) is 24.2 Å². The second-order valence-electron chi connectivity index (χ2n) is 7.08. The van der Waals surface area contributed by atoms with Crippen molar-refractivity contribution in [3.63, 3.8) is 0 Å². The number of benzene rings is 2. The Hall–Kier alpha value is -3.18. The Labute approximate surface area is 211 Å². The van der Waals surface area contributed by atoms with Crippen LogP contribution in [0.25, 0.3) is 16.7 Å². The number of hydrogen-bond acceptors (Lipinski definition) is 5. The number of aryl methyl sites for hydroxylation is 1. The molecule has 34 heavy (non-hydrogen) atoms. The lowest BCUT2D eigenvalue weighted by Crippen LogP contribution is -2.13. The largest absolute Gasteiger partial charge is 0.497 e. The van der Waals surface area contributed by atoms with Gasteiger partial charge in [-0.3, -0.25) is 0 Å². The molecule has 2 aromatic carbocycles. The van der Waals surface area contributed by atoms with E-state index in [9.17, 15) is 0 Å². The number of nitrogens with one attached hydrogen (secondary N) is 1. The second kappa shape index (κ2) is 13.5. The second-order valence-corrected chi connectivity index (χ2v) is 7.49. The van der Waals surface area contributed by atoms with Gasteiger partial charge in [0.25, 0.3) is 0 Å². The minimum absolute atomic E-state index is 0. The highest BCUT2D eigenvalue weighted by atomic mass is 32.1. The minimum atomic E-state index is 0. The van der Waals surface area contributed by atoms with Crippen LogP contribution in [0.2, 0.25) is 0 Å². The maximum absolute atomic E-state index is 8.00. The van der Waals surface area contributed by atoms with Gasteiger partial charge in [0.05, 0.1) is 18.2 Å². The zero-order valence-electron chi connectivity index (χ0n) is 20.7. The summed E-state index contributed by atoms with van der Waals surface area (Å²) in [7, 11) is 1.68. The Bertz CT molecular complexity index is 1160. The lowest BCUT2D eigenvalue weighted by molar-refractivity contribution is -0.0979. The number of carbonyl (C=O) groups is 1. The molecule has 0 fully saturated rings. The number of anilines is 1. The Morgan fingerprint density at radius 3 is 2.00 bits per heavy atom. The van der Waals surface area contributed by atoms with E-state index in [-0.39, 0.29) is 2.85 Å². The van der Waals surface area contributed by atoms with Crippen molar-refractivity contribution >= 4 is 30.3 Å². The maximum Gasteiger partial charge on any atom is 0.132 e. The molecule has 5 rings (SSSR count). The number of methoxy groups -OCH3 is 1. The molecule has 0 unspecified atom stereocenters. The quantitative estimate of drug-likeness (QED) is 0.359. The SMILES string of the molecule is C=O.CC.CC.COc1ccc(-c2ccc(NCc3oc4c(c(=S)c3C3=C[CH]3)CC4)cc2)cc1.[HH].[HH]. The maximum atomic E-state index is 8.00. The van der Waals surface area contributed by atoms with Crippen molar-refractivity contribution in [1.82, 2.24) is 0 Å². The fourth-order valence-electron chi connectivity index (χ4n) is 3.55. The Morgan fingerprint density at radius 1 is 0.971 bits per heavy atom. The first-order valence-corrected chi connectivity index (χ1v) is 12.1. The van der Waals surface area contributed by atoms with Crippen molar-refractivity contribution < 1.29 is 16.8 Å². The molecule has 0 spiro atoms. The number of allylic oxidation sites excluding steroid dienone is 2. The van der Waals surface area contributed by atoms with E-state index in [1.807, 2.05) is 46.6 Å². The fraction of sp³-hybridized carbons (Fsp3) is 0.276. The summed E-state index contributed by atoms with van der Waals surface area (Å²) in [5.41, 5.74) is 6.91. The van der Waals surface area contributed by atoms with Crippen LogP contribution >= 0.6 is 12.2 Å². The number of rotatable bonds is 6. The van der Waals surface area contributed by atoms with Crippen LogP contribution in [0.4, 0.5) is 5.69 Å². The molecule has 3 aromatic rings. The van der Waals surface area contributed by atoms with Gasteiger partial charge in [-0.05, 0) is 47.4 Å². The van der Waals surface area contributed by atoms with E-state index in [2.05, 4.69) is 54.2 Å². The summed E-state index contributed by atoms with van der Waals surface area (Å²) in [4.78, 5) is 8.00. The van der Waals surface area contributed by atoms with E-state index in [0.29, 0.717) is 6.54 Å². The van der Waals surface area contributed by atoms with E-state index in [1.165, 1.54) is 22.3 Å². The highest BCUT2D eigenvalue weighted by Crippen LogP contribution is 2.38. The topological polar surface area (TPSA) is 51.5 Å². The van der Waals surface area contributed by atoms with Crippen LogP contribution in [0, 0.1) is 10.9 Å². The van der Waals surface area contributed by atoms with Crippen molar-refractivity contribution in [2.45, 2.75) is 47.1 Å². The first kappa shape index (κ1) is 27.1. The molecular formula is C29H38NO3S. The number of ether oxygens (including phenoxy) is 1. The molecule has 0 bridgehead atoms. The van der Waals surface area contributed by atoms with Crippen molar-refractivity contribution in [1.29, 1.82) is 0 Å². The molecule has 2 aliphatic rings. The summed E-state index contributed by atoms with van der Waals surface area (Å²) in [6.45, 7) is 10.6. The third-order valence-corrected chi connectivity index (χ3v) is 5.80. The zero-order valence-corrected chi connectivity index (χ0v) is 21.6. The predicted octanol–water partition coefficient (Wildman–Crippen LogP) is 8.36. The Morgan fingerprint density at radius 2 is 1.53 bits per heavy atom. The molecule has 183 valence electrons. The summed E-state index contributed by atoms with van der Waals surface area (Å²) >= 11 is 5.70. The molecule has 1 radical (unpaired) electrons. The Balaban J connectivity index is 0.00000143. The molecule has 4 nitrogen and oxygen atoms in total. The zero-order chi connectivity index (χ0) is 25.1. The minimum Gasteiger partial charge on any atom is -0.497 e. The molecule has 2 aliphatic carbocycles. The third kappa shape index (κ3) is 6.23. The average molecular weight is 481 g/mol. The van der Waals surface area contributed by atoms with Gasteiger partial charge in [-0.25, -0.2) is 0 Å². The predicted molar refractivity (Wildman–Crippen MR) is 149 cm³/mol. The van der Waals surface area contributed by atoms with Gasteiger partial charge >= 0.3 is 0 Å². The van der Waals surface area contributed by atoms with Crippen molar-refractivity contribution in [2.75, 3.05) is 12.4 Å². The summed E-state index contributed by atoms with van der Waals surface area (Å²) in [5, 5.41) is 3.48. The van der Waals surface area contributed by atoms with Gasteiger partial charge in [-0.2, -0.15) is 0 Å². The van der Waals surface area contributed by atoms with Crippen LogP contribution in [0.3, 0.4) is 0 Å². The first-order valence-electron chi connectivity index (χ1n) is 11.7. The smallest absolute Gasteiger partial charge is 0.132 e. The molecule has 1 aromatic heterocycles. The number of fused-ring (bicyclic) bond motifs is 1. The number of hydrogen-bond donors (Lipinski definition) is 1. The van der Waals surface area contributed by atoms with Gasteiger partial charge in [0, 0.05) is 32.5 Å². The molecule has 0 amide bonds. The van der Waals surface area contributed by atoms with Crippen LogP contribution in [0.1, 0.15) is 53.2 Å². The fourth-order valence-corrected chi connectivity index (χ4v) is 4.00. The standard InChI is InChI=1S/C24H20NO2S.2C2H6.CH2O.2H2/c1-26-19-10-6-16(7-11-19)15-4-8-18(9-5-15)25-14-22-23(17-2-3-17)24(28)20-12-13-21(20)27-22;3*1-2;;/h2-11,25H,12-14H2,1H3;2*1-2H3;1H2;2*1H. The summed E-state index contributed by atoms with van der Waals surface area (Å²) < 4.78 is 12.3. The van der Waals surface area contributed by atoms with Gasteiger partial charge in [-0.15, -0.1) is 0 Å². The van der Waals surface area contributed by atoms with Crippen LogP contribution < -0.4 is 10.1 Å². The lowest BCUT2D eigenvalue weighted by Gasteiger charge is -2.21. The molecule has 0 saturated heterocycles. The van der Waals surface area contributed by atoms with Gasteiger partial charge in [0.15, 0.2) is 0 Å². The van der Waals surface area contributed by atoms with Crippen LogP contribution in [-0.4, -0.2) is 13.9 Å². The summed E-state index contributed by atoms with van der Waals surface area (Å²) in [6.07, 6.45) is 6.22. The van der Waals surface area contributed by atoms with Crippen LogP contribution in [0.15, 0.2) is 59.0 Å².